The first kappa shape index (κ1) is 24.1. The molecular formula is C20H25N3O7S. The van der Waals surface area contributed by atoms with Crippen molar-refractivity contribution in [2.75, 3.05) is 21.3 Å². The summed E-state index contributed by atoms with van der Waals surface area (Å²) in [6.45, 7) is 3.74. The van der Waals surface area contributed by atoms with E-state index < -0.39 is 21.8 Å². The van der Waals surface area contributed by atoms with Crippen LogP contribution in [0.25, 0.3) is 0 Å². The fraction of sp³-hybridized carbons (Fsp3) is 0.300. The van der Waals surface area contributed by atoms with Gasteiger partial charge in [0.1, 0.15) is 0 Å². The Labute approximate surface area is 181 Å². The van der Waals surface area contributed by atoms with Gasteiger partial charge in [0.15, 0.2) is 11.5 Å². The quantitative estimate of drug-likeness (QED) is 0.586. The normalized spacial score (nSPS) is 11.3. The average molecular weight is 452 g/mol. The largest absolute Gasteiger partial charge is 0.493 e. The number of amides is 2. The van der Waals surface area contributed by atoms with Gasteiger partial charge in [-0.15, -0.1) is 0 Å². The Morgan fingerprint density at radius 3 is 1.97 bits per heavy atom. The van der Waals surface area contributed by atoms with E-state index in [1.165, 1.54) is 57.7 Å². The second-order valence-electron chi connectivity index (χ2n) is 6.56. The number of carbonyl (C=O) groups excluding carboxylic acids is 2. The molecule has 0 saturated carbocycles. The SMILES string of the molecule is COc1cc(C(=O)NNC(=O)c2ccc(S(=O)(=O)N(C)OC)cc2)ccc1OC(C)C. The summed E-state index contributed by atoms with van der Waals surface area (Å²) < 4.78 is 35.9. The van der Waals surface area contributed by atoms with Crippen molar-refractivity contribution in [2.45, 2.75) is 24.8 Å². The molecule has 0 saturated heterocycles. The van der Waals surface area contributed by atoms with Gasteiger partial charge in [-0.1, -0.05) is 4.47 Å². The molecule has 0 radical (unpaired) electrons. The zero-order chi connectivity index (χ0) is 23.2. The maximum atomic E-state index is 12.4. The Bertz CT molecular complexity index is 1040. The minimum Gasteiger partial charge on any atom is -0.493 e. The number of hydrogen-bond donors (Lipinski definition) is 2. The molecule has 0 atom stereocenters. The maximum Gasteiger partial charge on any atom is 0.269 e. The molecule has 11 heteroatoms. The number of rotatable bonds is 8. The Kier molecular flexibility index (Phi) is 7.97. The molecule has 2 rings (SSSR count). The van der Waals surface area contributed by atoms with Crippen LogP contribution in [0.3, 0.4) is 0 Å². The molecule has 0 aromatic heterocycles. The number of methoxy groups -OCH3 is 1. The number of ether oxygens (including phenoxy) is 2. The van der Waals surface area contributed by atoms with E-state index in [1.54, 1.807) is 6.07 Å². The molecule has 168 valence electrons. The second-order valence-corrected chi connectivity index (χ2v) is 8.50. The van der Waals surface area contributed by atoms with Crippen LogP contribution in [0.15, 0.2) is 47.4 Å². The predicted molar refractivity (Wildman–Crippen MR) is 112 cm³/mol. The summed E-state index contributed by atoms with van der Waals surface area (Å²) in [4.78, 5) is 29.3. The zero-order valence-corrected chi connectivity index (χ0v) is 18.6. The molecule has 2 amide bonds. The van der Waals surface area contributed by atoms with E-state index in [1.807, 2.05) is 13.8 Å². The van der Waals surface area contributed by atoms with Gasteiger partial charge in [-0.2, -0.15) is 0 Å². The third-order valence-electron chi connectivity index (χ3n) is 4.09. The second kappa shape index (κ2) is 10.2. The molecule has 2 aromatic rings. The monoisotopic (exact) mass is 451 g/mol. The van der Waals surface area contributed by atoms with Crippen molar-refractivity contribution in [3.63, 3.8) is 0 Å². The Morgan fingerprint density at radius 1 is 0.903 bits per heavy atom. The Hall–Kier alpha value is -3.15. The van der Waals surface area contributed by atoms with Crippen molar-refractivity contribution in [3.8, 4) is 11.5 Å². The highest BCUT2D eigenvalue weighted by Gasteiger charge is 2.21. The number of nitrogens with zero attached hydrogens (tertiary/aromatic N) is 1. The van der Waals surface area contributed by atoms with E-state index in [9.17, 15) is 18.0 Å². The summed E-state index contributed by atoms with van der Waals surface area (Å²) in [5.41, 5.74) is 4.98. The fourth-order valence-corrected chi connectivity index (χ4v) is 3.42. The molecule has 10 nitrogen and oxygen atoms in total. The van der Waals surface area contributed by atoms with E-state index in [0.717, 1.165) is 0 Å². The van der Waals surface area contributed by atoms with Crippen molar-refractivity contribution in [1.29, 1.82) is 0 Å². The molecule has 31 heavy (non-hydrogen) atoms. The lowest BCUT2D eigenvalue weighted by Crippen LogP contribution is -2.41. The van der Waals surface area contributed by atoms with Crippen LogP contribution in [0.4, 0.5) is 0 Å². The molecule has 0 aliphatic rings. The minimum absolute atomic E-state index is 0.0479. The van der Waals surface area contributed by atoms with Gasteiger partial charge < -0.3 is 9.47 Å². The van der Waals surface area contributed by atoms with Crippen LogP contribution in [-0.4, -0.2) is 52.1 Å². The van der Waals surface area contributed by atoms with Gasteiger partial charge in [0.25, 0.3) is 21.8 Å². The number of benzene rings is 2. The van der Waals surface area contributed by atoms with Crippen LogP contribution < -0.4 is 20.3 Å². The molecule has 0 unspecified atom stereocenters. The highest BCUT2D eigenvalue weighted by atomic mass is 32.2. The Morgan fingerprint density at radius 2 is 1.45 bits per heavy atom. The van der Waals surface area contributed by atoms with Gasteiger partial charge in [-0.05, 0) is 56.3 Å². The van der Waals surface area contributed by atoms with Crippen LogP contribution >= 0.6 is 0 Å². The van der Waals surface area contributed by atoms with Crippen molar-refractivity contribution in [1.82, 2.24) is 15.3 Å². The van der Waals surface area contributed by atoms with Crippen LogP contribution in [0.1, 0.15) is 34.6 Å². The molecule has 0 fully saturated rings. The maximum absolute atomic E-state index is 12.4. The third-order valence-corrected chi connectivity index (χ3v) is 5.78. The van der Waals surface area contributed by atoms with E-state index in [-0.39, 0.29) is 22.1 Å². The van der Waals surface area contributed by atoms with Gasteiger partial charge in [0, 0.05) is 18.2 Å². The summed E-state index contributed by atoms with van der Waals surface area (Å²) in [5, 5.41) is 0. The van der Waals surface area contributed by atoms with Gasteiger partial charge in [-0.25, -0.2) is 8.42 Å². The molecule has 0 aliphatic carbocycles. The summed E-state index contributed by atoms with van der Waals surface area (Å²) in [7, 11) is 0.112. The fourth-order valence-electron chi connectivity index (χ4n) is 2.44. The summed E-state index contributed by atoms with van der Waals surface area (Å²) in [6, 6.07) is 9.79. The highest BCUT2D eigenvalue weighted by molar-refractivity contribution is 7.89. The molecule has 0 heterocycles. The molecular weight excluding hydrogens is 426 g/mol. The minimum atomic E-state index is -3.82. The first-order valence-corrected chi connectivity index (χ1v) is 10.6. The molecule has 0 aliphatic heterocycles. The van der Waals surface area contributed by atoms with Crippen LogP contribution in [0.2, 0.25) is 0 Å². The molecule has 2 aromatic carbocycles. The smallest absolute Gasteiger partial charge is 0.269 e. The van der Waals surface area contributed by atoms with Crippen molar-refractivity contribution in [2.24, 2.45) is 0 Å². The average Bonchev–Trinajstić information content (AvgIpc) is 2.76. The number of nitrogens with one attached hydrogen (secondary N) is 2. The van der Waals surface area contributed by atoms with E-state index in [0.29, 0.717) is 16.0 Å². The van der Waals surface area contributed by atoms with Crippen LogP contribution in [0.5, 0.6) is 11.5 Å². The third kappa shape index (κ3) is 5.94. The van der Waals surface area contributed by atoms with E-state index in [2.05, 4.69) is 10.9 Å². The van der Waals surface area contributed by atoms with Gasteiger partial charge in [0.05, 0.1) is 25.2 Å². The lowest BCUT2D eigenvalue weighted by atomic mass is 10.2. The summed E-state index contributed by atoms with van der Waals surface area (Å²) in [6.07, 6.45) is -0.0656. The topological polar surface area (TPSA) is 123 Å². The van der Waals surface area contributed by atoms with Gasteiger partial charge in [-0.3, -0.25) is 25.3 Å². The number of carbonyl (C=O) groups is 2. The van der Waals surface area contributed by atoms with Gasteiger partial charge in [0.2, 0.25) is 0 Å². The number of hydroxylamine groups is 1. The van der Waals surface area contributed by atoms with E-state index >= 15 is 0 Å². The summed E-state index contributed by atoms with van der Waals surface area (Å²) in [5.74, 6) is -0.314. The number of sulfonamides is 1. The van der Waals surface area contributed by atoms with Crippen molar-refractivity contribution >= 4 is 21.8 Å². The predicted octanol–water partition coefficient (Wildman–Crippen LogP) is 1.74. The van der Waals surface area contributed by atoms with Crippen molar-refractivity contribution < 1.29 is 32.3 Å². The van der Waals surface area contributed by atoms with Crippen LogP contribution in [0, 0.1) is 0 Å². The standard InChI is InChI=1S/C20H25N3O7S/c1-13(2)30-17-11-8-15(12-18(17)28-4)20(25)22-21-19(24)14-6-9-16(10-7-14)31(26,27)23(3)29-5/h6-13H,1-5H3,(H,21,24)(H,22,25). The van der Waals surface area contributed by atoms with E-state index in [4.69, 9.17) is 14.3 Å². The molecule has 0 bridgehead atoms. The summed E-state index contributed by atoms with van der Waals surface area (Å²) >= 11 is 0. The lowest BCUT2D eigenvalue weighted by Gasteiger charge is -2.15. The molecule has 0 spiro atoms. The Balaban J connectivity index is 2.05. The molecule has 2 N–H and O–H groups in total. The van der Waals surface area contributed by atoms with Crippen molar-refractivity contribution in [3.05, 3.63) is 53.6 Å². The first-order valence-electron chi connectivity index (χ1n) is 9.18. The van der Waals surface area contributed by atoms with Crippen LogP contribution in [-0.2, 0) is 14.9 Å². The lowest BCUT2D eigenvalue weighted by molar-refractivity contribution is -0.0258. The first-order chi connectivity index (χ1) is 14.6. The number of hydrogen-bond acceptors (Lipinski definition) is 7. The highest BCUT2D eigenvalue weighted by Crippen LogP contribution is 2.28. The number of hydrazine groups is 1. The zero-order valence-electron chi connectivity index (χ0n) is 17.8. The van der Waals surface area contributed by atoms with Gasteiger partial charge >= 0.3 is 0 Å².